The predicted octanol–water partition coefficient (Wildman–Crippen LogP) is 4.11. The van der Waals surface area contributed by atoms with E-state index >= 15 is 0 Å². The van der Waals surface area contributed by atoms with E-state index in [0.717, 1.165) is 19.6 Å². The summed E-state index contributed by atoms with van der Waals surface area (Å²) in [6.07, 6.45) is 0. The fourth-order valence-electron chi connectivity index (χ4n) is 2.09. The van der Waals surface area contributed by atoms with Crippen molar-refractivity contribution in [3.05, 3.63) is 21.9 Å². The monoisotopic (exact) mass is 282 g/mol. The van der Waals surface area contributed by atoms with Crippen LogP contribution in [0.15, 0.2) is 12.1 Å². The summed E-state index contributed by atoms with van der Waals surface area (Å²) in [6, 6.07) is 4.52. The minimum Gasteiger partial charge on any atom is -0.307 e. The summed E-state index contributed by atoms with van der Waals surface area (Å²) in [5.41, 5.74) is 0.551. The number of rotatable bonds is 5. The van der Waals surface area contributed by atoms with Crippen molar-refractivity contribution in [2.24, 2.45) is 5.41 Å². The van der Waals surface area contributed by atoms with Crippen molar-refractivity contribution in [1.82, 2.24) is 10.2 Å². The van der Waals surface area contributed by atoms with Gasteiger partial charge in [0.05, 0.1) is 0 Å². The van der Waals surface area contributed by atoms with Gasteiger partial charge in [-0.25, -0.2) is 0 Å². The van der Waals surface area contributed by atoms with Gasteiger partial charge < -0.3 is 10.2 Å². The smallest absolute Gasteiger partial charge is 0.0325 e. The Balaban J connectivity index is 2.46. The molecule has 3 heteroatoms. The van der Waals surface area contributed by atoms with Crippen LogP contribution in [-0.4, -0.2) is 24.0 Å². The van der Waals surface area contributed by atoms with Gasteiger partial charge in [-0.1, -0.05) is 20.8 Å². The summed E-state index contributed by atoms with van der Waals surface area (Å²) < 4.78 is 0. The third kappa shape index (κ3) is 7.71. The van der Waals surface area contributed by atoms with E-state index in [1.807, 2.05) is 11.3 Å². The summed E-state index contributed by atoms with van der Waals surface area (Å²) >= 11 is 1.92. The molecule has 1 N–H and O–H groups in total. The van der Waals surface area contributed by atoms with Gasteiger partial charge in [-0.3, -0.25) is 0 Å². The van der Waals surface area contributed by atoms with Gasteiger partial charge in [0.2, 0.25) is 0 Å². The third-order valence-corrected chi connectivity index (χ3v) is 3.75. The summed E-state index contributed by atoms with van der Waals surface area (Å²) in [6.45, 7) is 16.6. The van der Waals surface area contributed by atoms with Crippen LogP contribution in [0.3, 0.4) is 0 Å². The molecule has 1 aromatic rings. The molecule has 0 unspecified atom stereocenters. The molecule has 0 saturated carbocycles. The summed E-state index contributed by atoms with van der Waals surface area (Å²) in [4.78, 5) is 5.29. The molecular formula is C16H30N2S. The average Bonchev–Trinajstić information content (AvgIpc) is 2.58. The molecule has 1 aromatic heterocycles. The Bertz CT molecular complexity index is 382. The quantitative estimate of drug-likeness (QED) is 0.874. The maximum absolute atomic E-state index is 3.54. The fourth-order valence-corrected chi connectivity index (χ4v) is 3.12. The Kier molecular flexibility index (Phi) is 5.60. The molecule has 0 bridgehead atoms. The second kappa shape index (κ2) is 6.38. The van der Waals surface area contributed by atoms with Gasteiger partial charge in [0.25, 0.3) is 0 Å². The van der Waals surface area contributed by atoms with Gasteiger partial charge in [-0.15, -0.1) is 11.3 Å². The number of nitrogens with one attached hydrogen (secondary N) is 1. The zero-order valence-corrected chi connectivity index (χ0v) is 14.4. The van der Waals surface area contributed by atoms with Gasteiger partial charge in [0.15, 0.2) is 0 Å². The van der Waals surface area contributed by atoms with Gasteiger partial charge in [-0.05, 0) is 45.4 Å². The van der Waals surface area contributed by atoms with Crippen LogP contribution in [0.5, 0.6) is 0 Å². The Morgan fingerprint density at radius 3 is 2.16 bits per heavy atom. The minimum atomic E-state index is 0.188. The van der Waals surface area contributed by atoms with Crippen molar-refractivity contribution in [2.75, 3.05) is 13.6 Å². The van der Waals surface area contributed by atoms with Crippen molar-refractivity contribution >= 4 is 11.3 Å². The topological polar surface area (TPSA) is 15.3 Å². The summed E-state index contributed by atoms with van der Waals surface area (Å²) in [5.74, 6) is 0. The molecule has 0 aliphatic heterocycles. The molecule has 2 nitrogen and oxygen atoms in total. The summed E-state index contributed by atoms with van der Waals surface area (Å²) in [7, 11) is 2.21. The van der Waals surface area contributed by atoms with E-state index in [1.165, 1.54) is 9.75 Å². The molecule has 1 heterocycles. The van der Waals surface area contributed by atoms with E-state index in [1.54, 1.807) is 0 Å². The molecule has 0 aliphatic rings. The minimum absolute atomic E-state index is 0.188. The zero-order valence-electron chi connectivity index (χ0n) is 13.6. The van der Waals surface area contributed by atoms with Crippen LogP contribution in [0.4, 0.5) is 0 Å². The second-order valence-corrected chi connectivity index (χ2v) is 8.96. The Hall–Kier alpha value is -0.380. The Labute approximate surface area is 123 Å². The van der Waals surface area contributed by atoms with Crippen LogP contribution < -0.4 is 5.32 Å². The largest absolute Gasteiger partial charge is 0.307 e. The van der Waals surface area contributed by atoms with Gasteiger partial charge in [0, 0.05) is 34.9 Å². The second-order valence-electron chi connectivity index (χ2n) is 7.70. The molecule has 19 heavy (non-hydrogen) atoms. The number of hydrogen-bond acceptors (Lipinski definition) is 3. The molecule has 0 amide bonds. The molecule has 1 rings (SSSR count). The molecule has 0 aliphatic carbocycles. The summed E-state index contributed by atoms with van der Waals surface area (Å²) in [5, 5.41) is 3.54. The molecule has 0 atom stereocenters. The first-order chi connectivity index (χ1) is 8.55. The normalized spacial score (nSPS) is 13.3. The maximum atomic E-state index is 3.54. The van der Waals surface area contributed by atoms with E-state index in [-0.39, 0.29) is 5.54 Å². The highest BCUT2D eigenvalue weighted by Crippen LogP contribution is 2.21. The molecule has 0 aromatic carbocycles. The lowest BCUT2D eigenvalue weighted by atomic mass is 9.96. The van der Waals surface area contributed by atoms with Crippen LogP contribution in [0, 0.1) is 5.41 Å². The zero-order chi connectivity index (χ0) is 14.7. The highest BCUT2D eigenvalue weighted by atomic mass is 32.1. The first-order valence-corrected chi connectivity index (χ1v) is 7.88. The van der Waals surface area contributed by atoms with E-state index in [9.17, 15) is 0 Å². The van der Waals surface area contributed by atoms with E-state index in [2.05, 4.69) is 70.9 Å². The molecule has 0 radical (unpaired) electrons. The highest BCUT2D eigenvalue weighted by molar-refractivity contribution is 7.11. The van der Waals surface area contributed by atoms with Crippen LogP contribution in [0.1, 0.15) is 51.3 Å². The SMILES string of the molecule is CN(Cc1ccc(CNC(C)(C)C)s1)CC(C)(C)C. The lowest BCUT2D eigenvalue weighted by Crippen LogP contribution is -2.34. The van der Waals surface area contributed by atoms with Gasteiger partial charge in [-0.2, -0.15) is 0 Å². The van der Waals surface area contributed by atoms with E-state index < -0.39 is 0 Å². The lowest BCUT2D eigenvalue weighted by molar-refractivity contribution is 0.222. The van der Waals surface area contributed by atoms with Crippen molar-refractivity contribution in [3.8, 4) is 0 Å². The molecular weight excluding hydrogens is 252 g/mol. The fraction of sp³-hybridized carbons (Fsp3) is 0.750. The molecule has 0 saturated heterocycles. The van der Waals surface area contributed by atoms with Gasteiger partial charge >= 0.3 is 0 Å². The van der Waals surface area contributed by atoms with Crippen molar-refractivity contribution in [2.45, 2.75) is 60.2 Å². The Morgan fingerprint density at radius 2 is 1.63 bits per heavy atom. The van der Waals surface area contributed by atoms with Crippen molar-refractivity contribution in [1.29, 1.82) is 0 Å². The van der Waals surface area contributed by atoms with Gasteiger partial charge in [0.1, 0.15) is 0 Å². The molecule has 0 fully saturated rings. The maximum Gasteiger partial charge on any atom is 0.0325 e. The first-order valence-electron chi connectivity index (χ1n) is 7.06. The number of thiophene rings is 1. The van der Waals surface area contributed by atoms with Crippen molar-refractivity contribution < 1.29 is 0 Å². The number of nitrogens with zero attached hydrogens (tertiary/aromatic N) is 1. The third-order valence-electron chi connectivity index (χ3n) is 2.68. The standard InChI is InChI=1S/C16H30N2S/c1-15(2,3)12-18(7)11-14-9-8-13(19-14)10-17-16(4,5)6/h8-9,17H,10-12H2,1-7H3. The van der Waals surface area contributed by atoms with E-state index in [0.29, 0.717) is 5.41 Å². The van der Waals surface area contributed by atoms with Crippen molar-refractivity contribution in [3.63, 3.8) is 0 Å². The lowest BCUT2D eigenvalue weighted by Gasteiger charge is -2.26. The van der Waals surface area contributed by atoms with Crippen LogP contribution in [0.25, 0.3) is 0 Å². The molecule has 0 spiro atoms. The highest BCUT2D eigenvalue weighted by Gasteiger charge is 2.14. The predicted molar refractivity (Wildman–Crippen MR) is 86.7 cm³/mol. The number of hydrogen-bond donors (Lipinski definition) is 1. The van der Waals surface area contributed by atoms with E-state index in [4.69, 9.17) is 0 Å². The Morgan fingerprint density at radius 1 is 1.05 bits per heavy atom. The van der Waals surface area contributed by atoms with Crippen LogP contribution in [-0.2, 0) is 13.1 Å². The first kappa shape index (κ1) is 16.7. The molecule has 110 valence electrons. The average molecular weight is 282 g/mol. The van der Waals surface area contributed by atoms with Crippen LogP contribution >= 0.6 is 11.3 Å². The van der Waals surface area contributed by atoms with Crippen LogP contribution in [0.2, 0.25) is 0 Å².